The summed E-state index contributed by atoms with van der Waals surface area (Å²) in [4.78, 5) is 31.9. The lowest BCUT2D eigenvalue weighted by atomic mass is 9.80. The molecule has 118 valence electrons. The predicted octanol–water partition coefficient (Wildman–Crippen LogP) is 1.23. The van der Waals surface area contributed by atoms with Crippen molar-refractivity contribution in [3.63, 3.8) is 0 Å². The Bertz CT molecular complexity index is 577. The number of rotatable bonds is 3. The van der Waals surface area contributed by atoms with Gasteiger partial charge >= 0.3 is 6.03 Å². The van der Waals surface area contributed by atoms with E-state index in [-0.39, 0.29) is 17.9 Å². The van der Waals surface area contributed by atoms with Gasteiger partial charge in [0.1, 0.15) is 5.54 Å². The van der Waals surface area contributed by atoms with E-state index in [4.69, 9.17) is 0 Å². The molecule has 3 rings (SSSR count). The highest BCUT2D eigenvalue weighted by Gasteiger charge is 2.51. The Morgan fingerprint density at radius 1 is 1.45 bits per heavy atom. The highest BCUT2D eigenvalue weighted by Crippen LogP contribution is 2.32. The lowest BCUT2D eigenvalue weighted by molar-refractivity contribution is -0.132. The zero-order valence-corrected chi connectivity index (χ0v) is 13.1. The highest BCUT2D eigenvalue weighted by molar-refractivity contribution is 6.06. The number of likely N-dealkylation sites (tertiary alicyclic amines) is 1. The maximum atomic E-state index is 12.4. The number of carbonyl (C=O) groups excluding carboxylic acids is 2. The second-order valence-electron chi connectivity index (χ2n) is 6.43. The number of nitrogens with zero attached hydrogens (tertiary/aromatic N) is 3. The molecule has 0 aliphatic carbocycles. The van der Waals surface area contributed by atoms with Gasteiger partial charge in [0.05, 0.1) is 0 Å². The standard InChI is InChI=1S/C16H22N4O2/c1-16(14(21)19(2)15(22)18-16)13-6-4-8-20(11-13)10-12-5-3-7-17-9-12/h3,5,7,9,13H,4,6,8,10-11H2,1-2H3,(H,18,22)/t13-,16-/m0/s1. The maximum Gasteiger partial charge on any atom is 0.324 e. The van der Waals surface area contributed by atoms with Crippen LogP contribution in [-0.2, 0) is 11.3 Å². The molecule has 0 spiro atoms. The number of amides is 3. The maximum absolute atomic E-state index is 12.4. The van der Waals surface area contributed by atoms with Crippen molar-refractivity contribution in [2.45, 2.75) is 31.8 Å². The molecule has 0 aromatic carbocycles. The fraction of sp³-hybridized carbons (Fsp3) is 0.562. The van der Waals surface area contributed by atoms with Crippen LogP contribution in [0.5, 0.6) is 0 Å². The van der Waals surface area contributed by atoms with E-state index in [0.29, 0.717) is 0 Å². The number of hydrogen-bond acceptors (Lipinski definition) is 4. The molecular formula is C16H22N4O2. The first-order valence-electron chi connectivity index (χ1n) is 7.72. The summed E-state index contributed by atoms with van der Waals surface area (Å²) in [5.74, 6) is 0.0186. The fourth-order valence-corrected chi connectivity index (χ4v) is 3.50. The van der Waals surface area contributed by atoms with Crippen LogP contribution in [0.4, 0.5) is 4.79 Å². The van der Waals surface area contributed by atoms with Crippen molar-refractivity contribution in [1.29, 1.82) is 0 Å². The summed E-state index contributed by atoms with van der Waals surface area (Å²) < 4.78 is 0. The van der Waals surface area contributed by atoms with Crippen molar-refractivity contribution in [1.82, 2.24) is 20.1 Å². The quantitative estimate of drug-likeness (QED) is 0.853. The minimum absolute atomic E-state index is 0.120. The molecule has 0 bridgehead atoms. The van der Waals surface area contributed by atoms with Crippen LogP contribution >= 0.6 is 0 Å². The number of piperidine rings is 1. The van der Waals surface area contributed by atoms with Crippen LogP contribution in [0.1, 0.15) is 25.3 Å². The van der Waals surface area contributed by atoms with Gasteiger partial charge in [0.25, 0.3) is 5.91 Å². The van der Waals surface area contributed by atoms with Crippen LogP contribution in [-0.4, -0.2) is 52.4 Å². The van der Waals surface area contributed by atoms with E-state index in [9.17, 15) is 9.59 Å². The molecule has 2 aliphatic rings. The molecule has 6 heteroatoms. The average molecular weight is 302 g/mol. The lowest BCUT2D eigenvalue weighted by Crippen LogP contribution is -2.55. The Hall–Kier alpha value is -1.95. The summed E-state index contributed by atoms with van der Waals surface area (Å²) in [5.41, 5.74) is 0.395. The van der Waals surface area contributed by atoms with Gasteiger partial charge < -0.3 is 5.32 Å². The van der Waals surface area contributed by atoms with Crippen molar-refractivity contribution >= 4 is 11.9 Å². The summed E-state index contributed by atoms with van der Waals surface area (Å²) in [6.07, 6.45) is 5.64. The van der Waals surface area contributed by atoms with Gasteiger partial charge in [0, 0.05) is 38.4 Å². The largest absolute Gasteiger partial charge is 0.324 e. The van der Waals surface area contributed by atoms with Gasteiger partial charge in [0.2, 0.25) is 0 Å². The van der Waals surface area contributed by atoms with Crippen molar-refractivity contribution in [2.24, 2.45) is 5.92 Å². The number of imide groups is 1. The summed E-state index contributed by atoms with van der Waals surface area (Å²) in [5, 5.41) is 2.88. The predicted molar refractivity (Wildman–Crippen MR) is 81.9 cm³/mol. The molecule has 1 N–H and O–H groups in total. The molecule has 2 fully saturated rings. The normalized spacial score (nSPS) is 29.7. The number of nitrogens with one attached hydrogen (secondary N) is 1. The first-order valence-corrected chi connectivity index (χ1v) is 7.72. The van der Waals surface area contributed by atoms with E-state index in [2.05, 4.69) is 21.3 Å². The van der Waals surface area contributed by atoms with Crippen molar-refractivity contribution < 1.29 is 9.59 Å². The van der Waals surface area contributed by atoms with Crippen LogP contribution in [0.25, 0.3) is 0 Å². The zero-order valence-electron chi connectivity index (χ0n) is 13.1. The zero-order chi connectivity index (χ0) is 15.7. The van der Waals surface area contributed by atoms with E-state index in [0.717, 1.165) is 32.5 Å². The summed E-state index contributed by atoms with van der Waals surface area (Å²) >= 11 is 0. The number of urea groups is 1. The van der Waals surface area contributed by atoms with Crippen LogP contribution in [0.15, 0.2) is 24.5 Å². The molecule has 2 aliphatic heterocycles. The summed E-state index contributed by atoms with van der Waals surface area (Å²) in [6, 6.07) is 3.71. The topological polar surface area (TPSA) is 65.5 Å². The number of carbonyl (C=O) groups is 2. The van der Waals surface area contributed by atoms with Gasteiger partial charge in [-0.3, -0.25) is 19.6 Å². The molecule has 0 saturated carbocycles. The first-order chi connectivity index (χ1) is 10.5. The summed E-state index contributed by atoms with van der Waals surface area (Å²) in [7, 11) is 1.54. The molecule has 1 aromatic rings. The lowest BCUT2D eigenvalue weighted by Gasteiger charge is -2.39. The molecule has 3 heterocycles. The Balaban J connectivity index is 1.71. The van der Waals surface area contributed by atoms with E-state index in [1.807, 2.05) is 19.2 Å². The van der Waals surface area contributed by atoms with E-state index >= 15 is 0 Å². The van der Waals surface area contributed by atoms with Crippen molar-refractivity contribution in [3.05, 3.63) is 30.1 Å². The molecule has 1 aromatic heterocycles. The molecule has 0 radical (unpaired) electrons. The molecule has 2 saturated heterocycles. The molecule has 0 unspecified atom stereocenters. The second kappa shape index (κ2) is 5.68. The third-order valence-corrected chi connectivity index (χ3v) is 4.87. The van der Waals surface area contributed by atoms with E-state index in [1.54, 1.807) is 13.2 Å². The van der Waals surface area contributed by atoms with Gasteiger partial charge in [-0.2, -0.15) is 0 Å². The molecule has 2 atom stereocenters. The summed E-state index contributed by atoms with van der Waals surface area (Å²) in [6.45, 7) is 4.51. The molecule has 22 heavy (non-hydrogen) atoms. The number of likely N-dealkylation sites (N-methyl/N-ethyl adjacent to an activating group) is 1. The Morgan fingerprint density at radius 2 is 2.27 bits per heavy atom. The number of pyridine rings is 1. The highest BCUT2D eigenvalue weighted by atomic mass is 16.2. The van der Waals surface area contributed by atoms with Crippen molar-refractivity contribution in [3.8, 4) is 0 Å². The van der Waals surface area contributed by atoms with Crippen LogP contribution in [0.3, 0.4) is 0 Å². The number of aromatic nitrogens is 1. The van der Waals surface area contributed by atoms with Gasteiger partial charge in [-0.1, -0.05) is 6.07 Å². The van der Waals surface area contributed by atoms with Gasteiger partial charge in [-0.15, -0.1) is 0 Å². The van der Waals surface area contributed by atoms with Crippen LogP contribution < -0.4 is 5.32 Å². The van der Waals surface area contributed by atoms with E-state index in [1.165, 1.54) is 10.5 Å². The monoisotopic (exact) mass is 302 g/mol. The van der Waals surface area contributed by atoms with E-state index < -0.39 is 5.54 Å². The van der Waals surface area contributed by atoms with Gasteiger partial charge in [-0.05, 0) is 37.9 Å². The Morgan fingerprint density at radius 3 is 2.91 bits per heavy atom. The minimum Gasteiger partial charge on any atom is -0.323 e. The third kappa shape index (κ3) is 2.59. The van der Waals surface area contributed by atoms with Crippen LogP contribution in [0.2, 0.25) is 0 Å². The van der Waals surface area contributed by atoms with Crippen LogP contribution in [0, 0.1) is 5.92 Å². The van der Waals surface area contributed by atoms with Gasteiger partial charge in [0.15, 0.2) is 0 Å². The van der Waals surface area contributed by atoms with Gasteiger partial charge in [-0.25, -0.2) is 4.79 Å². The molecule has 3 amide bonds. The fourth-order valence-electron chi connectivity index (χ4n) is 3.50. The Labute approximate surface area is 130 Å². The third-order valence-electron chi connectivity index (χ3n) is 4.87. The van der Waals surface area contributed by atoms with Crippen molar-refractivity contribution in [2.75, 3.05) is 20.1 Å². The Kier molecular flexibility index (Phi) is 3.87. The minimum atomic E-state index is -0.778. The smallest absolute Gasteiger partial charge is 0.323 e. The molecule has 6 nitrogen and oxygen atoms in total. The SMILES string of the molecule is CN1C(=O)N[C@@](C)([C@H]2CCCN(Cc3cccnc3)C2)C1=O. The number of hydrogen-bond donors (Lipinski definition) is 1. The molecular weight excluding hydrogens is 280 g/mol. The first kappa shape index (κ1) is 15.0. The average Bonchev–Trinajstić information content (AvgIpc) is 2.73. The second-order valence-corrected chi connectivity index (χ2v) is 6.43.